The molecule has 0 radical (unpaired) electrons. The average Bonchev–Trinajstić information content (AvgIpc) is 3.64. The predicted molar refractivity (Wildman–Crippen MR) is 137 cm³/mol. The van der Waals surface area contributed by atoms with E-state index in [2.05, 4.69) is 22.1 Å². The van der Waals surface area contributed by atoms with Gasteiger partial charge in [0.15, 0.2) is 0 Å². The van der Waals surface area contributed by atoms with Crippen LogP contribution in [-0.4, -0.2) is 30.8 Å². The van der Waals surface area contributed by atoms with E-state index >= 15 is 0 Å². The summed E-state index contributed by atoms with van der Waals surface area (Å²) in [6.45, 7) is 1.15. The third kappa shape index (κ3) is 4.52. The molecule has 0 saturated heterocycles. The summed E-state index contributed by atoms with van der Waals surface area (Å²) in [6, 6.07) is 13.4. The van der Waals surface area contributed by atoms with Crippen LogP contribution in [0.15, 0.2) is 53.2 Å². The molecule has 8 heteroatoms. The molecular formula is C26H27N3O3S2. The number of nitrogens with one attached hydrogen (secondary N) is 2. The van der Waals surface area contributed by atoms with E-state index in [-0.39, 0.29) is 11.3 Å². The monoisotopic (exact) mass is 493 g/mol. The van der Waals surface area contributed by atoms with Crippen molar-refractivity contribution in [1.29, 1.82) is 0 Å². The highest BCUT2D eigenvalue weighted by Gasteiger charge is 2.37. The lowest BCUT2D eigenvalue weighted by Crippen LogP contribution is -2.43. The molecule has 6 nitrogen and oxygen atoms in total. The summed E-state index contributed by atoms with van der Waals surface area (Å²) in [5, 5.41) is 9.58. The Kier molecular flexibility index (Phi) is 6.52. The molecule has 2 aromatic heterocycles. The minimum Gasteiger partial charge on any atom is -0.347 e. The van der Waals surface area contributed by atoms with Crippen LogP contribution in [0.2, 0.25) is 0 Å². The van der Waals surface area contributed by atoms with Gasteiger partial charge >= 0.3 is 11.8 Å². The average molecular weight is 494 g/mol. The summed E-state index contributed by atoms with van der Waals surface area (Å²) in [4.78, 5) is 41.9. The second kappa shape index (κ2) is 9.72. The highest BCUT2D eigenvalue weighted by atomic mass is 32.1. The number of benzene rings is 1. The zero-order chi connectivity index (χ0) is 23.5. The van der Waals surface area contributed by atoms with Gasteiger partial charge in [-0.3, -0.25) is 14.4 Å². The molecular weight excluding hydrogens is 466 g/mol. The summed E-state index contributed by atoms with van der Waals surface area (Å²) in [6.07, 6.45) is 6.01. The second-order valence-electron chi connectivity index (χ2n) is 8.98. The molecule has 1 fully saturated rings. The molecule has 1 saturated carbocycles. The summed E-state index contributed by atoms with van der Waals surface area (Å²) < 4.78 is 0. The number of hydrogen-bond acceptors (Lipinski definition) is 5. The summed E-state index contributed by atoms with van der Waals surface area (Å²) in [5.41, 5.74) is 2.37. The normalized spacial score (nSPS) is 16.6. The predicted octanol–water partition coefficient (Wildman–Crippen LogP) is 4.97. The Morgan fingerprint density at radius 3 is 2.47 bits per heavy atom. The summed E-state index contributed by atoms with van der Waals surface area (Å²) in [7, 11) is 0. The first-order valence-electron chi connectivity index (χ1n) is 11.7. The van der Waals surface area contributed by atoms with Gasteiger partial charge in [0.25, 0.3) is 5.91 Å². The van der Waals surface area contributed by atoms with Crippen molar-refractivity contribution >= 4 is 51.8 Å². The largest absolute Gasteiger partial charge is 0.347 e. The molecule has 176 valence electrons. The van der Waals surface area contributed by atoms with Gasteiger partial charge in [0.05, 0.1) is 4.88 Å². The fraction of sp³-hybridized carbons (Fsp3) is 0.346. The van der Waals surface area contributed by atoms with E-state index in [1.54, 1.807) is 22.3 Å². The van der Waals surface area contributed by atoms with Crippen LogP contribution in [0.5, 0.6) is 0 Å². The van der Waals surface area contributed by atoms with Crippen molar-refractivity contribution in [2.24, 2.45) is 0 Å². The van der Waals surface area contributed by atoms with Gasteiger partial charge in [-0.1, -0.05) is 25.0 Å². The molecule has 3 aromatic rings. The van der Waals surface area contributed by atoms with Crippen molar-refractivity contribution in [3.63, 3.8) is 0 Å². The van der Waals surface area contributed by atoms with Crippen LogP contribution < -0.4 is 15.5 Å². The number of carbonyl (C=O) groups is 3. The minimum absolute atomic E-state index is 0.00121. The van der Waals surface area contributed by atoms with E-state index in [0.29, 0.717) is 23.7 Å². The Balaban J connectivity index is 1.23. The van der Waals surface area contributed by atoms with Gasteiger partial charge in [-0.15, -0.1) is 22.7 Å². The second-order valence-corrected chi connectivity index (χ2v) is 10.9. The molecule has 1 aromatic carbocycles. The number of hydrogen-bond donors (Lipinski definition) is 2. The zero-order valence-electron chi connectivity index (χ0n) is 18.8. The van der Waals surface area contributed by atoms with Gasteiger partial charge in [-0.05, 0) is 72.3 Å². The van der Waals surface area contributed by atoms with Crippen LogP contribution in [0.3, 0.4) is 0 Å². The lowest BCUT2D eigenvalue weighted by molar-refractivity contribution is -0.136. The smallest absolute Gasteiger partial charge is 0.313 e. The van der Waals surface area contributed by atoms with Crippen molar-refractivity contribution < 1.29 is 14.4 Å². The third-order valence-electron chi connectivity index (χ3n) is 6.83. The quantitative estimate of drug-likeness (QED) is 0.493. The maximum atomic E-state index is 12.9. The maximum Gasteiger partial charge on any atom is 0.313 e. The Hall–Kier alpha value is -2.97. The third-order valence-corrected chi connectivity index (χ3v) is 8.81. The molecule has 1 aliphatic heterocycles. The SMILES string of the molecule is O=C(NCC1(c2cccs2)CCCC1)C(=O)Nc1ccc2c(c1)CCCN2C(=O)c1cccs1. The first kappa shape index (κ1) is 22.8. The van der Waals surface area contributed by atoms with E-state index in [0.717, 1.165) is 49.8 Å². The van der Waals surface area contributed by atoms with Gasteiger partial charge in [0.1, 0.15) is 0 Å². The topological polar surface area (TPSA) is 78.5 Å². The summed E-state index contributed by atoms with van der Waals surface area (Å²) in [5.74, 6) is -1.28. The number of anilines is 2. The van der Waals surface area contributed by atoms with Crippen molar-refractivity contribution in [3.8, 4) is 0 Å². The molecule has 5 rings (SSSR count). The molecule has 3 amide bonds. The van der Waals surface area contributed by atoms with Crippen LogP contribution in [0, 0.1) is 0 Å². The molecule has 3 heterocycles. The highest BCUT2D eigenvalue weighted by Crippen LogP contribution is 2.42. The zero-order valence-corrected chi connectivity index (χ0v) is 20.5. The molecule has 2 N–H and O–H groups in total. The van der Waals surface area contributed by atoms with Crippen LogP contribution in [0.25, 0.3) is 0 Å². The van der Waals surface area contributed by atoms with Crippen molar-refractivity contribution in [1.82, 2.24) is 5.32 Å². The number of aryl methyl sites for hydroxylation is 1. The number of amides is 3. The number of thiophene rings is 2. The Morgan fingerprint density at radius 2 is 1.74 bits per heavy atom. The lowest BCUT2D eigenvalue weighted by Gasteiger charge is -2.29. The van der Waals surface area contributed by atoms with E-state index in [9.17, 15) is 14.4 Å². The van der Waals surface area contributed by atoms with Crippen molar-refractivity contribution in [3.05, 3.63) is 68.5 Å². The number of nitrogens with zero attached hydrogens (tertiary/aromatic N) is 1. The van der Waals surface area contributed by atoms with Crippen LogP contribution >= 0.6 is 22.7 Å². The lowest BCUT2D eigenvalue weighted by atomic mass is 9.84. The first-order chi connectivity index (χ1) is 16.6. The Labute approximate surface area is 207 Å². The van der Waals surface area contributed by atoms with Crippen molar-refractivity contribution in [2.45, 2.75) is 43.9 Å². The molecule has 0 unspecified atom stereocenters. The minimum atomic E-state index is -0.665. The van der Waals surface area contributed by atoms with E-state index in [1.165, 1.54) is 16.2 Å². The number of fused-ring (bicyclic) bond motifs is 1. The molecule has 0 bridgehead atoms. The fourth-order valence-corrected chi connectivity index (χ4v) is 6.74. The van der Waals surface area contributed by atoms with E-state index in [1.807, 2.05) is 35.7 Å². The molecule has 0 atom stereocenters. The van der Waals surface area contributed by atoms with Crippen LogP contribution in [-0.2, 0) is 21.4 Å². The number of rotatable bonds is 5. The van der Waals surface area contributed by atoms with Gasteiger partial charge in [0.2, 0.25) is 0 Å². The van der Waals surface area contributed by atoms with Gasteiger partial charge in [-0.2, -0.15) is 0 Å². The first-order valence-corrected chi connectivity index (χ1v) is 13.4. The molecule has 1 aliphatic carbocycles. The van der Waals surface area contributed by atoms with Gasteiger partial charge in [0, 0.05) is 34.8 Å². The van der Waals surface area contributed by atoms with Crippen LogP contribution in [0.1, 0.15) is 52.2 Å². The van der Waals surface area contributed by atoms with Gasteiger partial charge in [-0.25, -0.2) is 0 Å². The van der Waals surface area contributed by atoms with Gasteiger partial charge < -0.3 is 15.5 Å². The standard InChI is InChI=1S/C26H27N3O3S2/c30-23(27-17-26(11-1-2-12-26)22-8-5-15-34-22)24(31)28-19-9-10-20-18(16-19)6-3-13-29(20)25(32)21-7-4-14-33-21/h4-5,7-10,14-16H,1-3,6,11-13,17H2,(H,27,30)(H,28,31). The molecule has 34 heavy (non-hydrogen) atoms. The van der Waals surface area contributed by atoms with Crippen LogP contribution in [0.4, 0.5) is 11.4 Å². The summed E-state index contributed by atoms with van der Waals surface area (Å²) >= 11 is 3.15. The fourth-order valence-electron chi connectivity index (χ4n) is 5.08. The van der Waals surface area contributed by atoms with Crippen molar-refractivity contribution in [2.75, 3.05) is 23.3 Å². The highest BCUT2D eigenvalue weighted by molar-refractivity contribution is 7.12. The Bertz CT molecular complexity index is 1180. The van der Waals surface area contributed by atoms with E-state index in [4.69, 9.17) is 0 Å². The number of carbonyl (C=O) groups excluding carboxylic acids is 3. The van der Waals surface area contributed by atoms with E-state index < -0.39 is 11.8 Å². The molecule has 0 spiro atoms. The Morgan fingerprint density at radius 1 is 0.941 bits per heavy atom. The maximum absolute atomic E-state index is 12.9. The molecule has 2 aliphatic rings.